The maximum atomic E-state index is 14.5. The first-order valence-corrected chi connectivity index (χ1v) is 8.66. The van der Waals surface area contributed by atoms with E-state index in [1.165, 1.54) is 25.1 Å². The number of ether oxygens (including phenoxy) is 1. The largest absolute Gasteiger partial charge is 0.461 e. The zero-order chi connectivity index (χ0) is 25.6. The van der Waals surface area contributed by atoms with Gasteiger partial charge in [-0.3, -0.25) is 0 Å². The highest BCUT2D eigenvalue weighted by molar-refractivity contribution is 5.89. The molecule has 33 heavy (non-hydrogen) atoms. The minimum Gasteiger partial charge on any atom is -0.461 e. The summed E-state index contributed by atoms with van der Waals surface area (Å²) >= 11 is 0. The Morgan fingerprint density at radius 1 is 0.939 bits per heavy atom. The van der Waals surface area contributed by atoms with E-state index in [2.05, 4.69) is 14.1 Å². The van der Waals surface area contributed by atoms with Crippen molar-refractivity contribution in [1.82, 2.24) is 4.98 Å². The fraction of sp³-hybridized carbons (Fsp3) is 0.444. The quantitative estimate of drug-likeness (QED) is 0.328. The van der Waals surface area contributed by atoms with Crippen molar-refractivity contribution in [1.29, 1.82) is 0 Å². The zero-order valence-electron chi connectivity index (χ0n) is 16.3. The van der Waals surface area contributed by atoms with E-state index in [-0.39, 0.29) is 5.56 Å². The van der Waals surface area contributed by atoms with Gasteiger partial charge < -0.3 is 9.15 Å². The lowest BCUT2D eigenvalue weighted by atomic mass is 9.96. The molecule has 0 aliphatic rings. The van der Waals surface area contributed by atoms with Crippen molar-refractivity contribution in [2.45, 2.75) is 43.7 Å². The number of esters is 1. The standard InChI is InChI=1S/C18H12F11NO3/c1-3-32-13(31)10-11(33-12(30-10)9-6-4-5-8(2)7-9)14(19,20)15(21,22)16(23,24)17(25,26)18(27,28)29/h4-7H,3H2,1-2H3. The zero-order valence-corrected chi connectivity index (χ0v) is 16.3. The summed E-state index contributed by atoms with van der Waals surface area (Å²) in [5.74, 6) is -34.9. The van der Waals surface area contributed by atoms with Gasteiger partial charge in [0, 0.05) is 5.56 Å². The Balaban J connectivity index is 2.75. The van der Waals surface area contributed by atoms with Gasteiger partial charge in [-0.2, -0.15) is 48.3 Å². The molecule has 0 unspecified atom stereocenters. The van der Waals surface area contributed by atoms with E-state index in [1.807, 2.05) is 0 Å². The van der Waals surface area contributed by atoms with Crippen molar-refractivity contribution in [2.24, 2.45) is 0 Å². The van der Waals surface area contributed by atoms with Crippen LogP contribution >= 0.6 is 0 Å². The Morgan fingerprint density at radius 2 is 1.52 bits per heavy atom. The van der Waals surface area contributed by atoms with E-state index in [4.69, 9.17) is 0 Å². The van der Waals surface area contributed by atoms with E-state index in [9.17, 15) is 53.1 Å². The SMILES string of the molecule is CCOC(=O)c1nc(-c2cccc(C)c2)oc1C(F)(F)C(F)(F)C(F)(F)C(F)(F)C(F)(F)F. The molecule has 1 aromatic carbocycles. The van der Waals surface area contributed by atoms with Crippen LogP contribution in [-0.2, 0) is 10.7 Å². The van der Waals surface area contributed by atoms with Gasteiger partial charge in [-0.05, 0) is 26.0 Å². The maximum absolute atomic E-state index is 14.5. The molecule has 0 atom stereocenters. The summed E-state index contributed by atoms with van der Waals surface area (Å²) in [5.41, 5.74) is -1.62. The Kier molecular flexibility index (Phi) is 6.53. The summed E-state index contributed by atoms with van der Waals surface area (Å²) < 4.78 is 156. The van der Waals surface area contributed by atoms with Crippen LogP contribution in [0, 0.1) is 6.92 Å². The molecular formula is C18H12F11NO3. The number of aryl methyl sites for hydroxylation is 1. The molecule has 15 heteroatoms. The van der Waals surface area contributed by atoms with E-state index in [0.29, 0.717) is 5.56 Å². The average Bonchev–Trinajstić information content (AvgIpc) is 3.13. The molecule has 184 valence electrons. The Labute approximate surface area is 177 Å². The lowest BCUT2D eigenvalue weighted by molar-refractivity contribution is -0.426. The van der Waals surface area contributed by atoms with Crippen molar-refractivity contribution >= 4 is 5.97 Å². The maximum Gasteiger partial charge on any atom is 0.460 e. The lowest BCUT2D eigenvalue weighted by Crippen LogP contribution is -2.65. The molecule has 0 bridgehead atoms. The second-order valence-corrected chi connectivity index (χ2v) is 6.58. The van der Waals surface area contributed by atoms with Crippen molar-refractivity contribution in [3.05, 3.63) is 41.3 Å². The van der Waals surface area contributed by atoms with Crippen LogP contribution < -0.4 is 0 Å². The van der Waals surface area contributed by atoms with Gasteiger partial charge in [-0.25, -0.2) is 9.78 Å². The topological polar surface area (TPSA) is 52.3 Å². The molecule has 0 aliphatic heterocycles. The molecule has 0 N–H and O–H groups in total. The fourth-order valence-corrected chi connectivity index (χ4v) is 2.49. The van der Waals surface area contributed by atoms with Gasteiger partial charge in [0.15, 0.2) is 5.69 Å². The minimum absolute atomic E-state index is 0.238. The van der Waals surface area contributed by atoms with Crippen LogP contribution in [0.1, 0.15) is 28.7 Å². The summed E-state index contributed by atoms with van der Waals surface area (Å²) in [6.07, 6.45) is -7.33. The Hall–Kier alpha value is -2.87. The number of halogens is 11. The number of hydrogen-bond donors (Lipinski definition) is 0. The highest BCUT2D eigenvalue weighted by Gasteiger charge is 2.88. The molecule has 1 aromatic heterocycles. The third kappa shape index (κ3) is 4.12. The predicted molar refractivity (Wildman–Crippen MR) is 87.4 cm³/mol. The molecule has 0 saturated carbocycles. The second kappa shape index (κ2) is 8.17. The van der Waals surface area contributed by atoms with Crippen LogP contribution in [0.3, 0.4) is 0 Å². The van der Waals surface area contributed by atoms with Crippen LogP contribution in [0.5, 0.6) is 0 Å². The molecule has 4 nitrogen and oxygen atoms in total. The van der Waals surface area contributed by atoms with E-state index < -0.39 is 59.8 Å². The monoisotopic (exact) mass is 499 g/mol. The van der Waals surface area contributed by atoms with Crippen LogP contribution in [0.15, 0.2) is 28.7 Å². The first kappa shape index (κ1) is 26.4. The molecule has 1 heterocycles. The van der Waals surface area contributed by atoms with Crippen molar-refractivity contribution < 1.29 is 62.2 Å². The third-order valence-electron chi connectivity index (χ3n) is 4.19. The highest BCUT2D eigenvalue weighted by Crippen LogP contribution is 2.60. The number of oxazole rings is 1. The molecule has 0 fully saturated rings. The molecular weight excluding hydrogens is 487 g/mol. The lowest BCUT2D eigenvalue weighted by Gasteiger charge is -2.36. The average molecular weight is 499 g/mol. The molecule has 0 spiro atoms. The number of carbonyl (C=O) groups is 1. The predicted octanol–water partition coefficient (Wildman–Crippen LogP) is 6.39. The van der Waals surface area contributed by atoms with Gasteiger partial charge in [0.25, 0.3) is 0 Å². The van der Waals surface area contributed by atoms with Gasteiger partial charge in [0.05, 0.1) is 6.61 Å². The van der Waals surface area contributed by atoms with Crippen LogP contribution in [0.4, 0.5) is 48.3 Å². The Morgan fingerprint density at radius 3 is 2.00 bits per heavy atom. The van der Waals surface area contributed by atoms with Crippen LogP contribution in [0.2, 0.25) is 0 Å². The highest BCUT2D eigenvalue weighted by atomic mass is 19.4. The van der Waals surface area contributed by atoms with Gasteiger partial charge in [0.1, 0.15) is 0 Å². The summed E-state index contributed by atoms with van der Waals surface area (Å²) in [5, 5.41) is 0. The number of carbonyl (C=O) groups excluding carboxylic acids is 1. The van der Waals surface area contributed by atoms with Crippen LogP contribution in [0.25, 0.3) is 11.5 Å². The van der Waals surface area contributed by atoms with Crippen LogP contribution in [-0.4, -0.2) is 41.5 Å². The summed E-state index contributed by atoms with van der Waals surface area (Å²) in [6, 6.07) is 5.05. The molecule has 0 saturated heterocycles. The Bertz CT molecular complexity index is 1030. The fourth-order valence-electron chi connectivity index (χ4n) is 2.49. The molecule has 2 aromatic rings. The number of rotatable bonds is 7. The molecule has 0 amide bonds. The number of hydrogen-bond acceptors (Lipinski definition) is 4. The number of nitrogens with zero attached hydrogens (tertiary/aromatic N) is 1. The smallest absolute Gasteiger partial charge is 0.460 e. The summed E-state index contributed by atoms with van der Waals surface area (Å²) in [7, 11) is 0. The normalized spacial score (nSPS) is 13.8. The van der Waals surface area contributed by atoms with E-state index in [1.54, 1.807) is 0 Å². The van der Waals surface area contributed by atoms with Crippen molar-refractivity contribution in [3.8, 4) is 11.5 Å². The first-order valence-electron chi connectivity index (χ1n) is 8.66. The minimum atomic E-state index is -7.68. The number of aromatic nitrogens is 1. The van der Waals surface area contributed by atoms with E-state index in [0.717, 1.165) is 13.0 Å². The third-order valence-corrected chi connectivity index (χ3v) is 4.19. The number of benzene rings is 1. The first-order chi connectivity index (χ1) is 14.8. The summed E-state index contributed by atoms with van der Waals surface area (Å²) in [6.45, 7) is 2.04. The van der Waals surface area contributed by atoms with Gasteiger partial charge >= 0.3 is 35.8 Å². The van der Waals surface area contributed by atoms with Crippen molar-refractivity contribution in [2.75, 3.05) is 6.61 Å². The summed E-state index contributed by atoms with van der Waals surface area (Å²) in [4.78, 5) is 15.1. The second-order valence-electron chi connectivity index (χ2n) is 6.58. The van der Waals surface area contributed by atoms with Gasteiger partial charge in [0.2, 0.25) is 11.7 Å². The van der Waals surface area contributed by atoms with E-state index >= 15 is 0 Å². The molecule has 2 rings (SSSR count). The number of alkyl halides is 11. The van der Waals surface area contributed by atoms with Crippen molar-refractivity contribution in [3.63, 3.8) is 0 Å². The van der Waals surface area contributed by atoms with Gasteiger partial charge in [-0.1, -0.05) is 17.7 Å². The molecule has 0 aliphatic carbocycles. The molecule has 0 radical (unpaired) electrons. The van der Waals surface area contributed by atoms with Gasteiger partial charge in [-0.15, -0.1) is 0 Å².